The minimum absolute atomic E-state index is 0.299. The maximum atomic E-state index is 12.4. The Morgan fingerprint density at radius 1 is 1.06 bits per heavy atom. The number of thiophene rings is 1. The molecule has 0 aliphatic heterocycles. The molecule has 0 spiro atoms. The summed E-state index contributed by atoms with van der Waals surface area (Å²) in [7, 11) is 0. The Hall–Kier alpha value is -2.71. The van der Waals surface area contributed by atoms with E-state index in [1.54, 1.807) is 24.3 Å². The van der Waals surface area contributed by atoms with Crippen molar-refractivity contribution < 1.29 is 18.7 Å². The molecule has 0 bridgehead atoms. The quantitative estimate of drug-likeness (QED) is 0.275. The zero-order valence-electron chi connectivity index (χ0n) is 17.8. The van der Waals surface area contributed by atoms with Gasteiger partial charge >= 0.3 is 5.97 Å². The van der Waals surface area contributed by atoms with Crippen molar-refractivity contribution in [3.05, 3.63) is 94.0 Å². The zero-order chi connectivity index (χ0) is 23.5. The standard InChI is InChI=1S/C25H22ClNO4S2/c1-16-21-15-19(26)13-14-23(21)32-24(16)27(33(30)31)22-12-5-3-8-18(22)10-6-9-17-7-2-4-11-20(17)25(28)29/h2-5,7-8,11-15H,6,9-10H2,1H3,(H,28,29)(H,30,31)/p-1. The van der Waals surface area contributed by atoms with E-state index in [1.807, 2.05) is 49.4 Å². The van der Waals surface area contributed by atoms with Crippen LogP contribution in [0.5, 0.6) is 0 Å². The van der Waals surface area contributed by atoms with Crippen molar-refractivity contribution in [3.8, 4) is 0 Å². The zero-order valence-corrected chi connectivity index (χ0v) is 20.2. The van der Waals surface area contributed by atoms with Crippen LogP contribution in [-0.2, 0) is 24.1 Å². The van der Waals surface area contributed by atoms with Gasteiger partial charge < -0.3 is 9.66 Å². The fourth-order valence-electron chi connectivity index (χ4n) is 3.97. The van der Waals surface area contributed by atoms with Gasteiger partial charge in [-0.05, 0) is 78.6 Å². The van der Waals surface area contributed by atoms with Gasteiger partial charge in [0, 0.05) is 9.72 Å². The largest absolute Gasteiger partial charge is 0.755 e. The second-order valence-corrected chi connectivity index (χ2v) is 9.90. The van der Waals surface area contributed by atoms with Gasteiger partial charge in [0.2, 0.25) is 0 Å². The highest BCUT2D eigenvalue weighted by atomic mass is 35.5. The molecule has 1 atom stereocenters. The lowest BCUT2D eigenvalue weighted by molar-refractivity contribution is 0.0695. The summed E-state index contributed by atoms with van der Waals surface area (Å²) in [6.45, 7) is 1.90. The third kappa shape index (κ3) is 4.96. The number of para-hydroxylation sites is 1. The van der Waals surface area contributed by atoms with E-state index in [-0.39, 0.29) is 0 Å². The molecule has 170 valence electrons. The number of halogens is 1. The Kier molecular flexibility index (Phi) is 7.14. The lowest BCUT2D eigenvalue weighted by atomic mass is 9.99. The molecular weight excluding hydrogens is 478 g/mol. The normalized spacial score (nSPS) is 12.1. The topological polar surface area (TPSA) is 80.7 Å². The molecule has 0 aliphatic rings. The average molecular weight is 499 g/mol. The molecule has 0 fully saturated rings. The molecule has 33 heavy (non-hydrogen) atoms. The number of aryl methyl sites for hydroxylation is 3. The first kappa shape index (κ1) is 23.4. The molecule has 1 N–H and O–H groups in total. The fraction of sp³-hybridized carbons (Fsp3) is 0.160. The molecule has 3 aromatic carbocycles. The van der Waals surface area contributed by atoms with E-state index in [9.17, 15) is 18.7 Å². The lowest BCUT2D eigenvalue weighted by Crippen LogP contribution is -2.20. The van der Waals surface area contributed by atoms with Crippen molar-refractivity contribution in [2.24, 2.45) is 0 Å². The summed E-state index contributed by atoms with van der Waals surface area (Å²) in [5.41, 5.74) is 3.39. The third-order valence-electron chi connectivity index (χ3n) is 5.56. The molecule has 5 nitrogen and oxygen atoms in total. The third-order valence-corrected chi connectivity index (χ3v) is 7.84. The van der Waals surface area contributed by atoms with E-state index < -0.39 is 17.2 Å². The number of anilines is 2. The van der Waals surface area contributed by atoms with E-state index in [2.05, 4.69) is 0 Å². The van der Waals surface area contributed by atoms with Crippen LogP contribution in [0.15, 0.2) is 66.7 Å². The van der Waals surface area contributed by atoms with Gasteiger partial charge in [-0.15, -0.1) is 11.3 Å². The summed E-state index contributed by atoms with van der Waals surface area (Å²) in [5.74, 6) is -0.945. The Morgan fingerprint density at radius 3 is 2.45 bits per heavy atom. The molecule has 1 unspecified atom stereocenters. The number of rotatable bonds is 8. The van der Waals surface area contributed by atoms with E-state index in [0.29, 0.717) is 40.5 Å². The van der Waals surface area contributed by atoms with Gasteiger partial charge in [0.1, 0.15) is 5.00 Å². The number of carbonyl (C=O) groups is 1. The van der Waals surface area contributed by atoms with Gasteiger partial charge in [-0.3, -0.25) is 8.51 Å². The highest BCUT2D eigenvalue weighted by molar-refractivity contribution is 7.81. The second kappa shape index (κ2) is 10.1. The Bertz CT molecular complexity index is 1350. The van der Waals surface area contributed by atoms with Crippen LogP contribution in [0, 0.1) is 6.92 Å². The van der Waals surface area contributed by atoms with Crippen LogP contribution in [0.4, 0.5) is 10.7 Å². The van der Waals surface area contributed by atoms with Gasteiger partial charge in [0.25, 0.3) is 0 Å². The van der Waals surface area contributed by atoms with E-state index >= 15 is 0 Å². The van der Waals surface area contributed by atoms with E-state index in [4.69, 9.17) is 11.6 Å². The average Bonchev–Trinajstić information content (AvgIpc) is 3.10. The number of benzene rings is 3. The summed E-state index contributed by atoms with van der Waals surface area (Å²) in [4.78, 5) is 11.5. The van der Waals surface area contributed by atoms with Crippen LogP contribution < -0.4 is 4.31 Å². The van der Waals surface area contributed by atoms with Crippen LogP contribution in [0.3, 0.4) is 0 Å². The van der Waals surface area contributed by atoms with E-state index in [1.165, 1.54) is 15.6 Å². The number of hydrogen-bond acceptors (Lipinski definition) is 4. The summed E-state index contributed by atoms with van der Waals surface area (Å²) >= 11 is 5.04. The van der Waals surface area contributed by atoms with Gasteiger partial charge in [0.05, 0.1) is 22.5 Å². The van der Waals surface area contributed by atoms with Crippen molar-refractivity contribution >= 4 is 60.9 Å². The predicted molar refractivity (Wildman–Crippen MR) is 134 cm³/mol. The van der Waals surface area contributed by atoms with E-state index in [0.717, 1.165) is 26.8 Å². The van der Waals surface area contributed by atoms with Crippen LogP contribution in [0.25, 0.3) is 10.1 Å². The van der Waals surface area contributed by atoms with Crippen molar-refractivity contribution in [2.75, 3.05) is 4.31 Å². The SMILES string of the molecule is Cc1c(N(c2ccccc2CCCc2ccccc2C(=O)O)S(=O)[O-])sc2ccc(Cl)cc12. The molecule has 0 amide bonds. The molecule has 4 rings (SSSR count). The van der Waals surface area contributed by atoms with Crippen LogP contribution in [0.2, 0.25) is 5.02 Å². The van der Waals surface area contributed by atoms with Crippen molar-refractivity contribution in [1.29, 1.82) is 0 Å². The first-order chi connectivity index (χ1) is 15.9. The minimum atomic E-state index is -2.53. The first-order valence-electron chi connectivity index (χ1n) is 10.3. The molecule has 1 aromatic heterocycles. The van der Waals surface area contributed by atoms with Gasteiger partial charge in [-0.25, -0.2) is 4.79 Å². The van der Waals surface area contributed by atoms with Crippen molar-refractivity contribution in [2.45, 2.75) is 26.2 Å². The Morgan fingerprint density at radius 2 is 1.73 bits per heavy atom. The number of aromatic carboxylic acids is 1. The van der Waals surface area contributed by atoms with Gasteiger partial charge in [-0.2, -0.15) is 0 Å². The maximum Gasteiger partial charge on any atom is 0.335 e. The highest BCUT2D eigenvalue weighted by Gasteiger charge is 2.20. The number of carboxylic acid groups (broad SMARTS) is 1. The second-order valence-electron chi connectivity index (χ2n) is 7.63. The Balaban J connectivity index is 1.65. The predicted octanol–water partition coefficient (Wildman–Crippen LogP) is 6.67. The fourth-order valence-corrected chi connectivity index (χ4v) is 6.16. The first-order valence-corrected chi connectivity index (χ1v) is 12.6. The number of fused-ring (bicyclic) bond motifs is 1. The monoisotopic (exact) mass is 498 g/mol. The molecule has 1 heterocycles. The molecule has 0 radical (unpaired) electrons. The number of carboxylic acids is 1. The smallest absolute Gasteiger partial charge is 0.335 e. The molecule has 8 heteroatoms. The summed E-state index contributed by atoms with van der Waals surface area (Å²) in [6.07, 6.45) is 1.87. The summed E-state index contributed by atoms with van der Waals surface area (Å²) in [6, 6.07) is 19.9. The maximum absolute atomic E-state index is 12.4. The molecule has 4 aromatic rings. The van der Waals surface area contributed by atoms with Crippen LogP contribution in [-0.4, -0.2) is 19.8 Å². The number of hydrogen-bond donors (Lipinski definition) is 1. The van der Waals surface area contributed by atoms with Crippen molar-refractivity contribution in [3.63, 3.8) is 0 Å². The minimum Gasteiger partial charge on any atom is -0.755 e. The van der Waals surface area contributed by atoms with Gasteiger partial charge in [0.15, 0.2) is 0 Å². The lowest BCUT2D eigenvalue weighted by Gasteiger charge is -2.28. The highest BCUT2D eigenvalue weighted by Crippen LogP contribution is 2.43. The number of nitrogens with zero attached hydrogens (tertiary/aromatic N) is 1. The molecular formula is C25H21ClNO4S2-. The molecule has 0 saturated carbocycles. The van der Waals surface area contributed by atoms with Crippen molar-refractivity contribution in [1.82, 2.24) is 0 Å². The molecule has 0 saturated heterocycles. The molecule has 0 aliphatic carbocycles. The summed E-state index contributed by atoms with van der Waals surface area (Å²) < 4.78 is 27.1. The van der Waals surface area contributed by atoms with Gasteiger partial charge in [-0.1, -0.05) is 48.0 Å². The Labute approximate surface area is 203 Å². The van der Waals surface area contributed by atoms with Crippen LogP contribution in [0.1, 0.15) is 33.5 Å². The summed E-state index contributed by atoms with van der Waals surface area (Å²) in [5, 5.41) is 11.6. The van der Waals surface area contributed by atoms with Crippen LogP contribution >= 0.6 is 22.9 Å².